The molecule has 0 bridgehead atoms. The van der Waals surface area contributed by atoms with Crippen LogP contribution in [-0.2, 0) is 4.74 Å². The molecule has 0 amide bonds. The molecule has 1 fully saturated rings. The van der Waals surface area contributed by atoms with E-state index in [9.17, 15) is 9.90 Å². The largest absolute Gasteiger partial charge is 0.508 e. The number of ether oxygens (including phenoxy) is 4. The minimum Gasteiger partial charge on any atom is -0.508 e. The standard InChI is InChI=1S/C25H27NO7/c1-29-22-19-8-12-32-23(19)25(30-2)24(33-15-11-26-9-13-31-14-10-26)21(22)20(28)7-6-17-4-3-5-18(27)16-17/h3-8,12,16,27H,9-11,13-15H2,1-2H3/b7-6-. The molecular weight excluding hydrogens is 426 g/mol. The lowest BCUT2D eigenvalue weighted by Gasteiger charge is -2.26. The SMILES string of the molecule is COc1c(C(=O)/C=C\c2cccc(O)c2)c(OCCN2CCOCC2)c(OC)c2occc12. The Morgan fingerprint density at radius 2 is 1.91 bits per heavy atom. The van der Waals surface area contributed by atoms with Crippen LogP contribution < -0.4 is 14.2 Å². The van der Waals surface area contributed by atoms with Crippen molar-refractivity contribution in [3.63, 3.8) is 0 Å². The Bertz CT molecular complexity index is 1150. The van der Waals surface area contributed by atoms with E-state index in [0.717, 1.165) is 13.1 Å². The first-order valence-electron chi connectivity index (χ1n) is 10.7. The molecule has 0 saturated carbocycles. The van der Waals surface area contributed by atoms with Gasteiger partial charge in [0.1, 0.15) is 23.7 Å². The van der Waals surface area contributed by atoms with Gasteiger partial charge in [0.2, 0.25) is 5.75 Å². The second-order valence-electron chi connectivity index (χ2n) is 7.53. The maximum atomic E-state index is 13.4. The summed E-state index contributed by atoms with van der Waals surface area (Å²) in [6.07, 6.45) is 4.57. The van der Waals surface area contributed by atoms with Gasteiger partial charge in [0, 0.05) is 19.6 Å². The minimum absolute atomic E-state index is 0.121. The molecule has 33 heavy (non-hydrogen) atoms. The summed E-state index contributed by atoms with van der Waals surface area (Å²) in [5, 5.41) is 10.3. The van der Waals surface area contributed by atoms with E-state index in [0.29, 0.717) is 54.4 Å². The number of methoxy groups -OCH3 is 2. The monoisotopic (exact) mass is 453 g/mol. The summed E-state index contributed by atoms with van der Waals surface area (Å²) >= 11 is 0. The van der Waals surface area contributed by atoms with Crippen molar-refractivity contribution in [3.8, 4) is 23.0 Å². The fraction of sp³-hybridized carbons (Fsp3) is 0.320. The van der Waals surface area contributed by atoms with E-state index in [4.69, 9.17) is 23.4 Å². The number of benzene rings is 2. The third-order valence-electron chi connectivity index (χ3n) is 5.49. The number of carbonyl (C=O) groups excluding carboxylic acids is 1. The smallest absolute Gasteiger partial charge is 0.205 e. The second kappa shape index (κ2) is 10.4. The van der Waals surface area contributed by atoms with Crippen molar-refractivity contribution >= 4 is 22.8 Å². The number of aromatic hydroxyl groups is 1. The number of nitrogens with zero attached hydrogens (tertiary/aromatic N) is 1. The fourth-order valence-corrected chi connectivity index (χ4v) is 3.86. The Morgan fingerprint density at radius 3 is 2.64 bits per heavy atom. The van der Waals surface area contributed by atoms with Crippen LogP contribution in [0, 0.1) is 0 Å². The third-order valence-corrected chi connectivity index (χ3v) is 5.49. The van der Waals surface area contributed by atoms with Crippen LogP contribution in [0.15, 0.2) is 47.1 Å². The summed E-state index contributed by atoms with van der Waals surface area (Å²) < 4.78 is 28.4. The van der Waals surface area contributed by atoms with Gasteiger partial charge in [-0.05, 0) is 29.8 Å². The molecule has 0 aliphatic carbocycles. The van der Waals surface area contributed by atoms with E-state index in [1.54, 1.807) is 36.4 Å². The van der Waals surface area contributed by atoms with Gasteiger partial charge in [-0.1, -0.05) is 18.2 Å². The molecular formula is C25H27NO7. The van der Waals surface area contributed by atoms with E-state index in [1.165, 1.54) is 26.6 Å². The fourth-order valence-electron chi connectivity index (χ4n) is 3.86. The zero-order valence-corrected chi connectivity index (χ0v) is 18.7. The molecule has 1 N–H and O–H groups in total. The number of hydrogen-bond acceptors (Lipinski definition) is 8. The molecule has 0 spiro atoms. The van der Waals surface area contributed by atoms with Crippen LogP contribution in [0.3, 0.4) is 0 Å². The van der Waals surface area contributed by atoms with E-state index in [-0.39, 0.29) is 22.8 Å². The first-order chi connectivity index (χ1) is 16.1. The number of allylic oxidation sites excluding steroid dienone is 1. The Hall–Kier alpha value is -3.49. The summed E-state index contributed by atoms with van der Waals surface area (Å²) in [5.74, 6) is 0.766. The summed E-state index contributed by atoms with van der Waals surface area (Å²) in [7, 11) is 3.01. The molecule has 3 aromatic rings. The quantitative estimate of drug-likeness (QED) is 0.387. The molecule has 1 saturated heterocycles. The number of fused-ring (bicyclic) bond motifs is 1. The maximum Gasteiger partial charge on any atom is 0.205 e. The Morgan fingerprint density at radius 1 is 1.12 bits per heavy atom. The molecule has 4 rings (SSSR count). The first kappa shape index (κ1) is 22.7. The van der Waals surface area contributed by atoms with Crippen LogP contribution >= 0.6 is 0 Å². The Labute approximate surface area is 191 Å². The number of phenols is 1. The van der Waals surface area contributed by atoms with Crippen molar-refractivity contribution in [1.82, 2.24) is 4.90 Å². The minimum atomic E-state index is -0.321. The van der Waals surface area contributed by atoms with E-state index < -0.39 is 0 Å². The lowest BCUT2D eigenvalue weighted by Crippen LogP contribution is -2.38. The molecule has 1 aliphatic rings. The van der Waals surface area contributed by atoms with Crippen LogP contribution in [0.25, 0.3) is 17.0 Å². The van der Waals surface area contributed by atoms with Gasteiger partial charge in [0.15, 0.2) is 17.1 Å². The molecule has 0 atom stereocenters. The number of phenolic OH excluding ortho intramolecular Hbond substituents is 1. The number of carbonyl (C=O) groups is 1. The second-order valence-corrected chi connectivity index (χ2v) is 7.53. The first-order valence-corrected chi connectivity index (χ1v) is 10.7. The highest BCUT2D eigenvalue weighted by Gasteiger charge is 2.28. The van der Waals surface area contributed by atoms with Gasteiger partial charge in [-0.3, -0.25) is 9.69 Å². The van der Waals surface area contributed by atoms with Crippen molar-refractivity contribution in [2.45, 2.75) is 0 Å². The number of ketones is 1. The maximum absolute atomic E-state index is 13.4. The highest BCUT2D eigenvalue weighted by Crippen LogP contribution is 2.46. The zero-order valence-electron chi connectivity index (χ0n) is 18.7. The molecule has 2 aromatic carbocycles. The lowest BCUT2D eigenvalue weighted by molar-refractivity contribution is 0.0320. The average Bonchev–Trinajstić information content (AvgIpc) is 3.32. The van der Waals surface area contributed by atoms with E-state index >= 15 is 0 Å². The summed E-state index contributed by atoms with van der Waals surface area (Å²) in [5.41, 5.74) is 1.39. The molecule has 1 aliphatic heterocycles. The Kier molecular flexibility index (Phi) is 7.16. The van der Waals surface area contributed by atoms with E-state index in [2.05, 4.69) is 4.90 Å². The van der Waals surface area contributed by atoms with Crippen molar-refractivity contribution in [2.75, 3.05) is 53.7 Å². The van der Waals surface area contributed by atoms with Crippen molar-refractivity contribution in [1.29, 1.82) is 0 Å². The van der Waals surface area contributed by atoms with Crippen molar-refractivity contribution in [2.24, 2.45) is 0 Å². The molecule has 8 nitrogen and oxygen atoms in total. The van der Waals surface area contributed by atoms with Crippen LogP contribution in [0.5, 0.6) is 23.0 Å². The number of furan rings is 1. The van der Waals surface area contributed by atoms with E-state index in [1.807, 2.05) is 0 Å². The summed E-state index contributed by atoms with van der Waals surface area (Å²) in [6.45, 7) is 4.08. The van der Waals surface area contributed by atoms with Gasteiger partial charge in [-0.2, -0.15) is 0 Å². The summed E-state index contributed by atoms with van der Waals surface area (Å²) in [6, 6.07) is 8.37. The molecule has 2 heterocycles. The Balaban J connectivity index is 1.70. The highest BCUT2D eigenvalue weighted by atomic mass is 16.5. The molecule has 0 radical (unpaired) electrons. The molecule has 8 heteroatoms. The number of morpholine rings is 1. The zero-order chi connectivity index (χ0) is 23.2. The van der Waals surface area contributed by atoms with Crippen molar-refractivity contribution in [3.05, 3.63) is 53.8 Å². The van der Waals surface area contributed by atoms with Gasteiger partial charge in [0.25, 0.3) is 0 Å². The molecule has 1 aromatic heterocycles. The van der Waals surface area contributed by atoms with Gasteiger partial charge in [-0.25, -0.2) is 0 Å². The molecule has 0 unspecified atom stereocenters. The van der Waals surface area contributed by atoms with Crippen LogP contribution in [0.2, 0.25) is 0 Å². The normalized spacial score (nSPS) is 14.6. The highest BCUT2D eigenvalue weighted by molar-refractivity contribution is 6.15. The van der Waals surface area contributed by atoms with Crippen molar-refractivity contribution < 1.29 is 33.3 Å². The topological polar surface area (TPSA) is 90.6 Å². The number of hydrogen-bond donors (Lipinski definition) is 1. The summed E-state index contributed by atoms with van der Waals surface area (Å²) in [4.78, 5) is 15.6. The van der Waals surface area contributed by atoms with Gasteiger partial charge in [-0.15, -0.1) is 0 Å². The van der Waals surface area contributed by atoms with Crippen LogP contribution in [0.1, 0.15) is 15.9 Å². The molecule has 174 valence electrons. The van der Waals surface area contributed by atoms with Gasteiger partial charge >= 0.3 is 0 Å². The van der Waals surface area contributed by atoms with Gasteiger partial charge in [0.05, 0.1) is 39.1 Å². The average molecular weight is 453 g/mol. The van der Waals surface area contributed by atoms with Gasteiger partial charge < -0.3 is 28.5 Å². The predicted octanol–water partition coefficient (Wildman–Crippen LogP) is 3.76. The van der Waals surface area contributed by atoms with Crippen LogP contribution in [0.4, 0.5) is 0 Å². The lowest BCUT2D eigenvalue weighted by atomic mass is 10.0. The van der Waals surface area contributed by atoms with Crippen LogP contribution in [-0.4, -0.2) is 69.5 Å². The number of rotatable bonds is 9. The third kappa shape index (κ3) is 4.97. The predicted molar refractivity (Wildman–Crippen MR) is 124 cm³/mol.